The van der Waals surface area contributed by atoms with Crippen LogP contribution >= 0.6 is 11.6 Å². The number of halogens is 1. The number of carbonyl (C=O) groups is 1. The molecule has 0 aliphatic carbocycles. The fourth-order valence-corrected chi connectivity index (χ4v) is 1.67. The summed E-state index contributed by atoms with van der Waals surface area (Å²) in [7, 11) is 0. The van der Waals surface area contributed by atoms with E-state index in [0.717, 1.165) is 12.8 Å². The van der Waals surface area contributed by atoms with Gasteiger partial charge in [-0.15, -0.1) is 0 Å². The molecule has 0 radical (unpaired) electrons. The Morgan fingerprint density at radius 1 is 1.60 bits per heavy atom. The molecule has 0 aromatic carbocycles. The Kier molecular flexibility index (Phi) is 4.78. The van der Waals surface area contributed by atoms with Gasteiger partial charge in [-0.05, 0) is 26.3 Å². The molecule has 0 atom stereocenters. The maximum Gasteiger partial charge on any atom is 0.182 e. The van der Waals surface area contributed by atoms with Gasteiger partial charge in [0.25, 0.3) is 0 Å². The van der Waals surface area contributed by atoms with Crippen molar-refractivity contribution < 1.29 is 4.79 Å². The van der Waals surface area contributed by atoms with E-state index in [4.69, 9.17) is 17.3 Å². The number of hydrogen-bond donors (Lipinski definition) is 1. The third-order valence-electron chi connectivity index (χ3n) is 2.22. The van der Waals surface area contributed by atoms with Crippen LogP contribution in [-0.4, -0.2) is 22.1 Å². The number of rotatable bonds is 6. The molecule has 1 aromatic rings. The van der Waals surface area contributed by atoms with Crippen LogP contribution in [-0.2, 0) is 6.54 Å². The molecule has 0 saturated carbocycles. The summed E-state index contributed by atoms with van der Waals surface area (Å²) in [6.07, 6.45) is 3.67. The average Bonchev–Trinajstić information content (AvgIpc) is 2.59. The first-order chi connectivity index (χ1) is 7.20. The molecule has 0 aliphatic heterocycles. The van der Waals surface area contributed by atoms with Crippen molar-refractivity contribution in [2.75, 3.05) is 6.54 Å². The van der Waals surface area contributed by atoms with Gasteiger partial charge in [0.2, 0.25) is 0 Å². The van der Waals surface area contributed by atoms with Crippen LogP contribution < -0.4 is 5.73 Å². The lowest BCUT2D eigenvalue weighted by atomic mass is 10.1. The fourth-order valence-electron chi connectivity index (χ4n) is 1.43. The molecule has 0 aliphatic rings. The van der Waals surface area contributed by atoms with E-state index < -0.39 is 0 Å². The molecule has 15 heavy (non-hydrogen) atoms. The Balaban J connectivity index is 2.67. The van der Waals surface area contributed by atoms with Crippen molar-refractivity contribution >= 4 is 17.4 Å². The van der Waals surface area contributed by atoms with E-state index in [2.05, 4.69) is 5.10 Å². The Bertz CT molecular complexity index is 335. The number of aromatic nitrogens is 2. The second-order valence-corrected chi connectivity index (χ2v) is 3.73. The quantitative estimate of drug-likeness (QED) is 0.598. The van der Waals surface area contributed by atoms with Gasteiger partial charge < -0.3 is 5.73 Å². The number of hydrogen-bond acceptors (Lipinski definition) is 3. The van der Waals surface area contributed by atoms with Crippen LogP contribution in [0.2, 0.25) is 5.02 Å². The minimum Gasteiger partial charge on any atom is -0.330 e. The van der Waals surface area contributed by atoms with Crippen LogP contribution in [0.5, 0.6) is 0 Å². The summed E-state index contributed by atoms with van der Waals surface area (Å²) < 4.78 is 1.63. The number of carbonyl (C=O) groups excluding carboxylic acids is 1. The largest absolute Gasteiger partial charge is 0.330 e. The Hall–Kier alpha value is -0.870. The molecule has 84 valence electrons. The highest BCUT2D eigenvalue weighted by molar-refractivity contribution is 6.33. The van der Waals surface area contributed by atoms with Gasteiger partial charge in [0.05, 0.1) is 11.2 Å². The molecule has 0 spiro atoms. The van der Waals surface area contributed by atoms with Crippen LogP contribution in [0.4, 0.5) is 0 Å². The number of unbranched alkanes of at least 4 members (excludes halogenated alkanes) is 1. The van der Waals surface area contributed by atoms with Gasteiger partial charge in [0.1, 0.15) is 5.69 Å². The first-order valence-electron chi connectivity index (χ1n) is 5.15. The molecule has 4 nitrogen and oxygen atoms in total. The summed E-state index contributed by atoms with van der Waals surface area (Å²) in [5.74, 6) is 0.0489. The first kappa shape index (κ1) is 12.2. The lowest BCUT2D eigenvalue weighted by molar-refractivity contribution is 0.0969. The van der Waals surface area contributed by atoms with Gasteiger partial charge in [-0.2, -0.15) is 5.10 Å². The Morgan fingerprint density at radius 3 is 2.93 bits per heavy atom. The van der Waals surface area contributed by atoms with E-state index in [0.29, 0.717) is 30.2 Å². The van der Waals surface area contributed by atoms with Gasteiger partial charge in [0, 0.05) is 13.0 Å². The highest BCUT2D eigenvalue weighted by Crippen LogP contribution is 2.17. The molecular formula is C10H16ClN3O. The first-order valence-corrected chi connectivity index (χ1v) is 5.53. The third kappa shape index (κ3) is 3.04. The summed E-state index contributed by atoms with van der Waals surface area (Å²) in [6, 6.07) is 0. The fraction of sp³-hybridized carbons (Fsp3) is 0.600. The standard InChI is InChI=1S/C10H16ClN3O/c1-2-14-10(8(11)7-13-14)9(15)5-3-4-6-12/h7H,2-6,12H2,1H3. The van der Waals surface area contributed by atoms with Gasteiger partial charge >= 0.3 is 0 Å². The number of ketones is 1. The molecule has 1 aromatic heterocycles. The molecule has 1 rings (SSSR count). The zero-order valence-electron chi connectivity index (χ0n) is 8.87. The van der Waals surface area contributed by atoms with E-state index in [-0.39, 0.29) is 5.78 Å². The zero-order chi connectivity index (χ0) is 11.3. The lowest BCUT2D eigenvalue weighted by Crippen LogP contribution is -2.10. The monoisotopic (exact) mass is 229 g/mol. The van der Waals surface area contributed by atoms with Crippen molar-refractivity contribution in [2.24, 2.45) is 5.73 Å². The maximum atomic E-state index is 11.8. The van der Waals surface area contributed by atoms with Gasteiger partial charge in [-0.1, -0.05) is 11.6 Å². The summed E-state index contributed by atoms with van der Waals surface area (Å²) in [5.41, 5.74) is 5.89. The topological polar surface area (TPSA) is 60.9 Å². The van der Waals surface area contributed by atoms with E-state index in [1.54, 1.807) is 4.68 Å². The molecule has 0 amide bonds. The molecule has 0 bridgehead atoms. The van der Waals surface area contributed by atoms with Gasteiger partial charge in [0.15, 0.2) is 5.78 Å². The highest BCUT2D eigenvalue weighted by atomic mass is 35.5. The van der Waals surface area contributed by atoms with E-state index in [1.807, 2.05) is 6.92 Å². The third-order valence-corrected chi connectivity index (χ3v) is 2.49. The molecule has 0 saturated heterocycles. The minimum atomic E-state index is 0.0489. The normalized spacial score (nSPS) is 10.6. The summed E-state index contributed by atoms with van der Waals surface area (Å²) in [5, 5.41) is 4.46. The van der Waals surface area contributed by atoms with Crippen molar-refractivity contribution in [2.45, 2.75) is 32.7 Å². The Morgan fingerprint density at radius 2 is 2.33 bits per heavy atom. The predicted molar refractivity (Wildman–Crippen MR) is 60.1 cm³/mol. The minimum absolute atomic E-state index is 0.0489. The van der Waals surface area contributed by atoms with E-state index in [1.165, 1.54) is 6.20 Å². The number of nitrogens with two attached hydrogens (primary N) is 1. The average molecular weight is 230 g/mol. The number of Topliss-reactive ketones (excluding diaryl/α,β-unsaturated/α-hetero) is 1. The van der Waals surface area contributed by atoms with Crippen molar-refractivity contribution in [3.63, 3.8) is 0 Å². The summed E-state index contributed by atoms with van der Waals surface area (Å²) >= 11 is 5.90. The predicted octanol–water partition coefficient (Wildman–Crippen LogP) is 1.87. The van der Waals surface area contributed by atoms with Crippen molar-refractivity contribution in [3.05, 3.63) is 16.9 Å². The van der Waals surface area contributed by atoms with Crippen LogP contribution in [0.25, 0.3) is 0 Å². The van der Waals surface area contributed by atoms with Crippen LogP contribution in [0, 0.1) is 0 Å². The second kappa shape index (κ2) is 5.88. The smallest absolute Gasteiger partial charge is 0.182 e. The van der Waals surface area contributed by atoms with Crippen LogP contribution in [0.15, 0.2) is 6.20 Å². The van der Waals surface area contributed by atoms with Crippen LogP contribution in [0.3, 0.4) is 0 Å². The molecule has 1 heterocycles. The Labute approximate surface area is 94.4 Å². The molecule has 2 N–H and O–H groups in total. The van der Waals surface area contributed by atoms with Crippen LogP contribution in [0.1, 0.15) is 36.7 Å². The van der Waals surface area contributed by atoms with Crippen molar-refractivity contribution in [1.29, 1.82) is 0 Å². The SMILES string of the molecule is CCn1ncc(Cl)c1C(=O)CCCCN. The molecular weight excluding hydrogens is 214 g/mol. The molecule has 0 fully saturated rings. The van der Waals surface area contributed by atoms with Crippen molar-refractivity contribution in [1.82, 2.24) is 9.78 Å². The molecule has 0 unspecified atom stereocenters. The summed E-state index contributed by atoms with van der Waals surface area (Å²) in [6.45, 7) is 3.21. The van der Waals surface area contributed by atoms with E-state index >= 15 is 0 Å². The lowest BCUT2D eigenvalue weighted by Gasteiger charge is -2.04. The van der Waals surface area contributed by atoms with Crippen molar-refractivity contribution in [3.8, 4) is 0 Å². The number of aryl methyl sites for hydroxylation is 1. The maximum absolute atomic E-state index is 11.8. The molecule has 5 heteroatoms. The second-order valence-electron chi connectivity index (χ2n) is 3.33. The summed E-state index contributed by atoms with van der Waals surface area (Å²) in [4.78, 5) is 11.8. The van der Waals surface area contributed by atoms with Gasteiger partial charge in [-0.25, -0.2) is 0 Å². The highest BCUT2D eigenvalue weighted by Gasteiger charge is 2.15. The van der Waals surface area contributed by atoms with Gasteiger partial charge in [-0.3, -0.25) is 9.48 Å². The van der Waals surface area contributed by atoms with E-state index in [9.17, 15) is 4.79 Å². The number of nitrogens with zero attached hydrogens (tertiary/aromatic N) is 2. The zero-order valence-corrected chi connectivity index (χ0v) is 9.63.